The first kappa shape index (κ1) is 22.0. The van der Waals surface area contributed by atoms with E-state index in [1.165, 1.54) is 23.1 Å². The molecule has 0 aliphatic carbocycles. The Labute approximate surface area is 190 Å². The Balaban J connectivity index is 1.98. The number of pyridine rings is 1. The van der Waals surface area contributed by atoms with Crippen LogP contribution in [-0.2, 0) is 13.2 Å². The maximum atomic E-state index is 13.5. The standard InChI is InChI=1S/C19H13BrF3N5O3S/c1-7-12(20)14(28(2)27-7)17(30)26-13-11-8(9-4-3-5-31-9)6-10(19(21,22)23)25-18(11)32-15(13)16(24)29/h3-6H,1-2H3,(H2,24,29)(H,26,30). The van der Waals surface area contributed by atoms with E-state index < -0.39 is 23.7 Å². The third-order valence-electron chi connectivity index (χ3n) is 4.57. The summed E-state index contributed by atoms with van der Waals surface area (Å²) in [7, 11) is 1.55. The second-order valence-electron chi connectivity index (χ2n) is 6.71. The number of halogens is 4. The number of amides is 2. The van der Waals surface area contributed by atoms with E-state index in [1.54, 1.807) is 14.0 Å². The van der Waals surface area contributed by atoms with Crippen LogP contribution in [0.4, 0.5) is 18.9 Å². The van der Waals surface area contributed by atoms with Gasteiger partial charge in [0, 0.05) is 18.0 Å². The van der Waals surface area contributed by atoms with E-state index in [4.69, 9.17) is 10.2 Å². The van der Waals surface area contributed by atoms with Gasteiger partial charge in [-0.1, -0.05) is 0 Å². The summed E-state index contributed by atoms with van der Waals surface area (Å²) in [6.45, 7) is 1.69. The van der Waals surface area contributed by atoms with Crippen LogP contribution >= 0.6 is 27.3 Å². The SMILES string of the molecule is Cc1nn(C)c(C(=O)Nc2c(C(N)=O)sc3nc(C(F)(F)F)cc(-c4ccco4)c23)c1Br. The molecule has 2 amide bonds. The number of fused-ring (bicyclic) bond motifs is 1. The van der Waals surface area contributed by atoms with Crippen LogP contribution in [0.5, 0.6) is 0 Å². The molecule has 0 unspecified atom stereocenters. The molecule has 166 valence electrons. The first-order valence-corrected chi connectivity index (χ1v) is 10.5. The van der Waals surface area contributed by atoms with Gasteiger partial charge in [-0.2, -0.15) is 18.3 Å². The number of anilines is 1. The lowest BCUT2D eigenvalue weighted by Crippen LogP contribution is -2.19. The fraction of sp³-hybridized carbons (Fsp3) is 0.158. The van der Waals surface area contributed by atoms with E-state index in [-0.39, 0.29) is 37.8 Å². The summed E-state index contributed by atoms with van der Waals surface area (Å²) in [5.41, 5.74) is 4.95. The zero-order valence-corrected chi connectivity index (χ0v) is 18.8. The minimum Gasteiger partial charge on any atom is -0.464 e. The molecule has 0 saturated heterocycles. The number of nitrogens with one attached hydrogen (secondary N) is 1. The largest absolute Gasteiger partial charge is 0.464 e. The molecule has 4 aromatic heterocycles. The Kier molecular flexibility index (Phi) is 5.33. The average molecular weight is 528 g/mol. The number of carbonyl (C=O) groups is 2. The number of aryl methyl sites for hydroxylation is 2. The van der Waals surface area contributed by atoms with Crippen LogP contribution in [0.25, 0.3) is 21.5 Å². The Morgan fingerprint density at radius 1 is 1.34 bits per heavy atom. The van der Waals surface area contributed by atoms with Crippen molar-refractivity contribution in [3.63, 3.8) is 0 Å². The predicted molar refractivity (Wildman–Crippen MR) is 114 cm³/mol. The molecular weight excluding hydrogens is 515 g/mol. The highest BCUT2D eigenvalue weighted by Gasteiger charge is 2.35. The van der Waals surface area contributed by atoms with Crippen molar-refractivity contribution >= 4 is 55.0 Å². The van der Waals surface area contributed by atoms with Crippen LogP contribution < -0.4 is 11.1 Å². The van der Waals surface area contributed by atoms with Crippen LogP contribution in [0.15, 0.2) is 33.4 Å². The minimum absolute atomic E-state index is 0.00614. The number of hydrogen-bond donors (Lipinski definition) is 2. The van der Waals surface area contributed by atoms with Gasteiger partial charge in [-0.3, -0.25) is 14.3 Å². The van der Waals surface area contributed by atoms with E-state index in [9.17, 15) is 22.8 Å². The molecule has 32 heavy (non-hydrogen) atoms. The van der Waals surface area contributed by atoms with Crippen LogP contribution in [0, 0.1) is 6.92 Å². The summed E-state index contributed by atoms with van der Waals surface area (Å²) in [6, 6.07) is 3.77. The lowest BCUT2D eigenvalue weighted by Gasteiger charge is -2.11. The predicted octanol–water partition coefficient (Wildman–Crippen LogP) is 4.73. The molecule has 0 atom stereocenters. The summed E-state index contributed by atoms with van der Waals surface area (Å²) >= 11 is 3.94. The number of carbonyl (C=O) groups excluding carboxylic acids is 2. The molecule has 0 aromatic carbocycles. The quantitative estimate of drug-likeness (QED) is 0.398. The number of alkyl halides is 3. The smallest absolute Gasteiger partial charge is 0.433 e. The zero-order valence-electron chi connectivity index (χ0n) is 16.4. The Bertz CT molecular complexity index is 1380. The van der Waals surface area contributed by atoms with E-state index in [2.05, 4.69) is 31.3 Å². The Morgan fingerprint density at radius 3 is 2.59 bits per heavy atom. The van der Waals surface area contributed by atoms with Gasteiger partial charge in [0.05, 0.1) is 22.1 Å². The summed E-state index contributed by atoms with van der Waals surface area (Å²) in [5, 5.41) is 6.86. The van der Waals surface area contributed by atoms with Crippen molar-refractivity contribution in [1.82, 2.24) is 14.8 Å². The van der Waals surface area contributed by atoms with Gasteiger partial charge in [-0.05, 0) is 41.1 Å². The lowest BCUT2D eigenvalue weighted by molar-refractivity contribution is -0.140. The van der Waals surface area contributed by atoms with Crippen molar-refractivity contribution in [2.45, 2.75) is 13.1 Å². The van der Waals surface area contributed by atoms with Crippen LogP contribution in [-0.4, -0.2) is 26.6 Å². The number of rotatable bonds is 4. The Morgan fingerprint density at radius 2 is 2.06 bits per heavy atom. The van der Waals surface area contributed by atoms with Gasteiger partial charge in [0.15, 0.2) is 0 Å². The van der Waals surface area contributed by atoms with Gasteiger partial charge < -0.3 is 15.5 Å². The van der Waals surface area contributed by atoms with Crippen molar-refractivity contribution in [3.05, 3.63) is 50.9 Å². The Hall–Kier alpha value is -3.19. The highest BCUT2D eigenvalue weighted by molar-refractivity contribution is 9.10. The number of thiophene rings is 1. The van der Waals surface area contributed by atoms with E-state index in [0.717, 1.165) is 6.07 Å². The number of primary amides is 1. The first-order valence-electron chi connectivity index (χ1n) is 8.88. The van der Waals surface area contributed by atoms with Crippen molar-refractivity contribution in [3.8, 4) is 11.3 Å². The fourth-order valence-electron chi connectivity index (χ4n) is 3.21. The fourth-order valence-corrected chi connectivity index (χ4v) is 4.74. The van der Waals surface area contributed by atoms with Crippen molar-refractivity contribution < 1.29 is 27.2 Å². The van der Waals surface area contributed by atoms with Crippen LogP contribution in [0.1, 0.15) is 31.5 Å². The topological polar surface area (TPSA) is 116 Å². The van der Waals surface area contributed by atoms with E-state index in [1.807, 2.05) is 0 Å². The van der Waals surface area contributed by atoms with E-state index in [0.29, 0.717) is 21.5 Å². The summed E-state index contributed by atoms with van der Waals surface area (Å²) < 4.78 is 47.5. The molecule has 0 saturated carbocycles. The molecule has 0 radical (unpaired) electrons. The maximum absolute atomic E-state index is 13.5. The second-order valence-corrected chi connectivity index (χ2v) is 8.50. The van der Waals surface area contributed by atoms with Crippen molar-refractivity contribution in [1.29, 1.82) is 0 Å². The molecular formula is C19H13BrF3N5O3S. The van der Waals surface area contributed by atoms with Crippen LogP contribution in [0.3, 0.4) is 0 Å². The van der Waals surface area contributed by atoms with Gasteiger partial charge in [0.25, 0.3) is 11.8 Å². The summed E-state index contributed by atoms with van der Waals surface area (Å²) in [5.74, 6) is -1.47. The normalized spacial score (nSPS) is 11.8. The third-order valence-corrected chi connectivity index (χ3v) is 6.61. The molecule has 4 heterocycles. The molecule has 13 heteroatoms. The number of nitrogens with zero attached hydrogens (tertiary/aromatic N) is 3. The molecule has 0 fully saturated rings. The van der Waals surface area contributed by atoms with Gasteiger partial charge in [0.2, 0.25) is 0 Å². The van der Waals surface area contributed by atoms with Gasteiger partial charge in [0.1, 0.15) is 26.9 Å². The van der Waals surface area contributed by atoms with Gasteiger partial charge >= 0.3 is 6.18 Å². The molecule has 8 nitrogen and oxygen atoms in total. The molecule has 0 spiro atoms. The van der Waals surface area contributed by atoms with Gasteiger partial charge in [-0.25, -0.2) is 4.98 Å². The van der Waals surface area contributed by atoms with Gasteiger partial charge in [-0.15, -0.1) is 11.3 Å². The molecule has 0 aliphatic rings. The molecule has 0 bridgehead atoms. The molecule has 0 aliphatic heterocycles. The second kappa shape index (κ2) is 7.74. The maximum Gasteiger partial charge on any atom is 0.433 e. The lowest BCUT2D eigenvalue weighted by atomic mass is 10.1. The van der Waals surface area contributed by atoms with Crippen molar-refractivity contribution in [2.75, 3.05) is 5.32 Å². The highest BCUT2D eigenvalue weighted by Crippen LogP contribution is 2.44. The van der Waals surface area contributed by atoms with Crippen molar-refractivity contribution in [2.24, 2.45) is 12.8 Å². The number of aromatic nitrogens is 3. The molecule has 4 aromatic rings. The van der Waals surface area contributed by atoms with E-state index >= 15 is 0 Å². The number of nitrogens with two attached hydrogens (primary N) is 1. The molecule has 4 rings (SSSR count). The number of furan rings is 1. The molecule has 3 N–H and O–H groups in total. The monoisotopic (exact) mass is 527 g/mol. The first-order chi connectivity index (χ1) is 15.0. The average Bonchev–Trinajstić information content (AvgIpc) is 3.40. The number of hydrogen-bond acceptors (Lipinski definition) is 6. The minimum atomic E-state index is -4.74. The summed E-state index contributed by atoms with van der Waals surface area (Å²) in [6.07, 6.45) is -3.45. The zero-order chi connectivity index (χ0) is 23.4. The summed E-state index contributed by atoms with van der Waals surface area (Å²) in [4.78, 5) is 28.5. The highest BCUT2D eigenvalue weighted by atomic mass is 79.9. The van der Waals surface area contributed by atoms with Crippen LogP contribution in [0.2, 0.25) is 0 Å². The third kappa shape index (κ3) is 3.66.